The fourth-order valence-corrected chi connectivity index (χ4v) is 9.15. The van der Waals surface area contributed by atoms with Crippen LogP contribution in [0, 0.1) is 5.92 Å². The Balaban J connectivity index is 0.997. The van der Waals surface area contributed by atoms with Crippen LogP contribution in [-0.4, -0.2) is 88.5 Å². The molecule has 3 aliphatic rings. The fourth-order valence-electron chi connectivity index (χ4n) is 8.02. The Labute approximate surface area is 343 Å². The summed E-state index contributed by atoms with van der Waals surface area (Å²) in [6.45, 7) is 5.10. The molecule has 5 aromatic rings. The van der Waals surface area contributed by atoms with Crippen molar-refractivity contribution in [1.82, 2.24) is 19.6 Å². The van der Waals surface area contributed by atoms with Crippen LogP contribution in [0.15, 0.2) is 102 Å². The number of nitrogens with one attached hydrogen (secondary N) is 3. The lowest BCUT2D eigenvalue weighted by Gasteiger charge is -2.39. The van der Waals surface area contributed by atoms with E-state index in [-0.39, 0.29) is 29.0 Å². The van der Waals surface area contributed by atoms with E-state index in [1.807, 2.05) is 36.4 Å². The Morgan fingerprint density at radius 2 is 1.88 bits per heavy atom. The molecular weight excluding hydrogens is 778 g/mol. The highest BCUT2D eigenvalue weighted by molar-refractivity contribution is 7.90. The molecule has 5 N–H and O–H groups in total. The standard InChI is InChI=1S/C43H48ClN7O6S/c1-55-28-47-39-24-36(10-12-38(39)48-33-16-21-56-27-33)58(53,54)49-43(52)37-11-9-34(23-41(37)57-35-22-31-13-17-45-42(31)46-25-35)50-19-14-29(15-20-50)26-51-18-3-2-4-40(51)30-5-7-32(44)8-6-30/h2-3,5-13,17,22-25,29,33,40,47-48H,4,14-16,18-21,26-28H2,1H3,(H,45,46)(H,49,52)/p+1. The number of aromatic nitrogens is 2. The summed E-state index contributed by atoms with van der Waals surface area (Å²) in [5.41, 5.74) is 4.35. The molecule has 3 aromatic carbocycles. The van der Waals surface area contributed by atoms with Crippen LogP contribution in [0.3, 0.4) is 0 Å². The van der Waals surface area contributed by atoms with E-state index in [1.54, 1.807) is 37.0 Å². The summed E-state index contributed by atoms with van der Waals surface area (Å²) < 4.78 is 47.0. The first kappa shape index (κ1) is 39.8. The van der Waals surface area contributed by atoms with Crippen molar-refractivity contribution in [3.05, 3.63) is 113 Å². The van der Waals surface area contributed by atoms with Crippen molar-refractivity contribution >= 4 is 55.6 Å². The zero-order valence-electron chi connectivity index (χ0n) is 32.4. The lowest BCUT2D eigenvalue weighted by atomic mass is 9.92. The number of hydrogen-bond donors (Lipinski definition) is 4. The van der Waals surface area contributed by atoms with Crippen LogP contribution >= 0.6 is 11.6 Å². The monoisotopic (exact) mass is 826 g/mol. The third-order valence-corrected chi connectivity index (χ3v) is 12.7. The zero-order valence-corrected chi connectivity index (χ0v) is 34.0. The Hall–Kier alpha value is -4.96. The molecule has 13 nitrogen and oxygen atoms in total. The highest BCUT2D eigenvalue weighted by Crippen LogP contribution is 2.35. The number of aromatic amines is 1. The minimum atomic E-state index is -4.29. The second-order valence-corrected chi connectivity index (χ2v) is 17.2. The number of fused-ring (bicyclic) bond motifs is 1. The summed E-state index contributed by atoms with van der Waals surface area (Å²) in [6.07, 6.45) is 11.7. The van der Waals surface area contributed by atoms with E-state index in [1.165, 1.54) is 17.7 Å². The predicted molar refractivity (Wildman–Crippen MR) is 224 cm³/mol. The number of hydrogen-bond acceptors (Lipinski definition) is 10. The van der Waals surface area contributed by atoms with Gasteiger partial charge in [-0.15, -0.1) is 0 Å². The lowest BCUT2D eigenvalue weighted by molar-refractivity contribution is -0.608. The molecule has 304 valence electrons. The molecule has 2 fully saturated rings. The second kappa shape index (κ2) is 17.9. The summed E-state index contributed by atoms with van der Waals surface area (Å²) in [4.78, 5) is 26.3. The number of carbonyl (C=O) groups excluding carboxylic acids is 1. The number of carbonyl (C=O) groups is 1. The highest BCUT2D eigenvalue weighted by atomic mass is 35.5. The van der Waals surface area contributed by atoms with Crippen LogP contribution in [0.25, 0.3) is 11.0 Å². The molecule has 8 rings (SSSR count). The van der Waals surface area contributed by atoms with Crippen LogP contribution in [0.1, 0.15) is 47.6 Å². The van der Waals surface area contributed by atoms with Crippen LogP contribution in [-0.2, 0) is 19.5 Å². The van der Waals surface area contributed by atoms with Gasteiger partial charge in [-0.3, -0.25) is 15.0 Å². The normalized spacial score (nSPS) is 19.1. The molecule has 0 saturated carbocycles. The van der Waals surface area contributed by atoms with Gasteiger partial charge < -0.3 is 29.4 Å². The average molecular weight is 827 g/mol. The number of benzene rings is 3. The average Bonchev–Trinajstić information content (AvgIpc) is 3.93. The molecule has 0 aliphatic carbocycles. The van der Waals surface area contributed by atoms with E-state index < -0.39 is 15.9 Å². The quantitative estimate of drug-likeness (QED) is 0.0566. The maximum absolute atomic E-state index is 14.0. The van der Waals surface area contributed by atoms with Gasteiger partial charge >= 0.3 is 0 Å². The van der Waals surface area contributed by atoms with Gasteiger partial charge in [-0.25, -0.2) is 18.1 Å². The number of anilines is 2. The minimum absolute atomic E-state index is 0.0550. The van der Waals surface area contributed by atoms with Gasteiger partial charge in [-0.2, -0.15) is 0 Å². The zero-order chi connectivity index (χ0) is 40.1. The van der Waals surface area contributed by atoms with Gasteiger partial charge in [-0.1, -0.05) is 35.9 Å². The molecule has 2 unspecified atom stereocenters. The molecule has 2 aromatic heterocycles. The van der Waals surface area contributed by atoms with Gasteiger partial charge in [0, 0.05) is 80.4 Å². The van der Waals surface area contributed by atoms with E-state index >= 15 is 0 Å². The Morgan fingerprint density at radius 3 is 2.67 bits per heavy atom. The third-order valence-electron chi connectivity index (χ3n) is 11.2. The topological polar surface area (TPSA) is 155 Å². The first-order valence-corrected chi connectivity index (χ1v) is 21.6. The molecule has 15 heteroatoms. The van der Waals surface area contributed by atoms with Crippen LogP contribution in [0.4, 0.5) is 17.1 Å². The molecule has 0 radical (unpaired) electrons. The van der Waals surface area contributed by atoms with Gasteiger partial charge in [0.25, 0.3) is 15.9 Å². The molecule has 0 spiro atoms. The molecule has 3 aliphatic heterocycles. The van der Waals surface area contributed by atoms with Crippen molar-refractivity contribution in [3.63, 3.8) is 0 Å². The van der Waals surface area contributed by atoms with Crippen LogP contribution in [0.2, 0.25) is 5.02 Å². The maximum atomic E-state index is 14.0. The number of rotatable bonds is 14. The molecule has 2 saturated heterocycles. The maximum Gasteiger partial charge on any atom is 0.268 e. The van der Waals surface area contributed by atoms with Crippen LogP contribution in [0.5, 0.6) is 11.5 Å². The molecule has 2 atom stereocenters. The summed E-state index contributed by atoms with van der Waals surface area (Å²) in [5.74, 6) is 0.355. The largest absolute Gasteiger partial charge is 0.455 e. The number of methoxy groups -OCH3 is 1. The summed E-state index contributed by atoms with van der Waals surface area (Å²) in [7, 11) is -2.72. The fraction of sp³-hybridized carbons (Fsp3) is 0.349. The molecule has 5 heterocycles. The number of sulfonamides is 1. The molecular formula is C43H49ClN7O6S+. The van der Waals surface area contributed by atoms with Crippen molar-refractivity contribution in [1.29, 1.82) is 0 Å². The van der Waals surface area contributed by atoms with Crippen molar-refractivity contribution in [3.8, 4) is 11.5 Å². The third kappa shape index (κ3) is 9.33. The van der Waals surface area contributed by atoms with E-state index in [0.717, 1.165) is 73.6 Å². The summed E-state index contributed by atoms with van der Waals surface area (Å²) in [6, 6.07) is 22.4. The molecule has 58 heavy (non-hydrogen) atoms. The summed E-state index contributed by atoms with van der Waals surface area (Å²) in [5, 5.41) is 6.82. The first-order valence-electron chi connectivity index (χ1n) is 19.7. The Bertz CT molecular complexity index is 2360. The predicted octanol–water partition coefficient (Wildman–Crippen LogP) is 6.35. The molecule has 0 bridgehead atoms. The minimum Gasteiger partial charge on any atom is -0.455 e. The van der Waals surface area contributed by atoms with Crippen LogP contribution < -0.4 is 25.0 Å². The number of amides is 1. The number of nitrogens with zero attached hydrogens (tertiary/aromatic N) is 3. The van der Waals surface area contributed by atoms with Gasteiger partial charge in [0.1, 0.15) is 17.1 Å². The van der Waals surface area contributed by atoms with Gasteiger partial charge in [0.15, 0.2) is 12.4 Å². The number of H-pyrrole nitrogens is 1. The van der Waals surface area contributed by atoms with Crippen molar-refractivity contribution in [2.75, 3.05) is 63.5 Å². The summed E-state index contributed by atoms with van der Waals surface area (Å²) >= 11 is 6.19. The first-order chi connectivity index (χ1) is 28.2. The highest BCUT2D eigenvalue weighted by Gasteiger charge is 2.29. The van der Waals surface area contributed by atoms with E-state index in [2.05, 4.69) is 54.1 Å². The Kier molecular flexibility index (Phi) is 12.3. The number of quaternary nitrogens is 1. The second-order valence-electron chi connectivity index (χ2n) is 15.1. The van der Waals surface area contributed by atoms with Gasteiger partial charge in [0.2, 0.25) is 0 Å². The van der Waals surface area contributed by atoms with Gasteiger partial charge in [-0.05, 0) is 85.7 Å². The van der Waals surface area contributed by atoms with Gasteiger partial charge in [0.05, 0.1) is 35.0 Å². The van der Waals surface area contributed by atoms with E-state index in [0.29, 0.717) is 42.3 Å². The van der Waals surface area contributed by atoms with E-state index in [4.69, 9.17) is 25.8 Å². The number of pyridine rings is 1. The Morgan fingerprint density at radius 1 is 1.03 bits per heavy atom. The lowest BCUT2D eigenvalue weighted by Crippen LogP contribution is -2.78. The van der Waals surface area contributed by atoms with Crippen molar-refractivity contribution < 1.29 is 32.7 Å². The number of piperidine rings is 1. The van der Waals surface area contributed by atoms with E-state index in [9.17, 15) is 13.2 Å². The van der Waals surface area contributed by atoms with Crippen molar-refractivity contribution in [2.45, 2.75) is 42.7 Å². The number of halogens is 1. The number of ether oxygens (including phenoxy) is 3. The SMILES string of the molecule is COC[NH2+]c1cc(S(=O)(=O)NC(=O)c2ccc(N3CCC(CN4CC=CCC4c4ccc(Cl)cc4)CC3)cc2Oc2cnc3[nH]ccc3c2)ccc1NC1CCOC1. The van der Waals surface area contributed by atoms with Crippen molar-refractivity contribution in [2.24, 2.45) is 5.92 Å². The molecule has 1 amide bonds. The smallest absolute Gasteiger partial charge is 0.268 e. The number of nitrogens with two attached hydrogens (primary N) is 1.